The lowest BCUT2D eigenvalue weighted by molar-refractivity contribution is 1.17. The van der Waals surface area contributed by atoms with Crippen molar-refractivity contribution in [2.75, 3.05) is 0 Å². The van der Waals surface area contributed by atoms with Gasteiger partial charge in [0.2, 0.25) is 0 Å². The summed E-state index contributed by atoms with van der Waals surface area (Å²) in [5.41, 5.74) is 2.27. The smallest absolute Gasteiger partial charge is 0.0659 e. The number of halogens is 3. The molecule has 0 saturated carbocycles. The number of rotatable bonds is 2. The highest BCUT2D eigenvalue weighted by Crippen LogP contribution is 2.37. The van der Waals surface area contributed by atoms with Crippen LogP contribution in [0.1, 0.15) is 16.0 Å². The molecule has 3 heteroatoms. The van der Waals surface area contributed by atoms with Gasteiger partial charge in [-0.3, -0.25) is 0 Å². The van der Waals surface area contributed by atoms with E-state index in [0.29, 0.717) is 0 Å². The third-order valence-corrected chi connectivity index (χ3v) is 4.68. The van der Waals surface area contributed by atoms with Gasteiger partial charge in [-0.2, -0.15) is 0 Å². The fraction of sp³-hybridized carbons (Fsp3) is 0.0769. The van der Waals surface area contributed by atoms with Crippen molar-refractivity contribution in [3.05, 3.63) is 69.2 Å². The Labute approximate surface area is 117 Å². The maximum Gasteiger partial charge on any atom is 0.0659 e. The second kappa shape index (κ2) is 5.35. The first-order chi connectivity index (χ1) is 7.70. The van der Waals surface area contributed by atoms with E-state index in [1.807, 2.05) is 36.4 Å². The van der Waals surface area contributed by atoms with Gasteiger partial charge >= 0.3 is 0 Å². The first kappa shape index (κ1) is 12.2. The zero-order valence-corrected chi connectivity index (χ0v) is 12.3. The average molecular weight is 360 g/mol. The molecule has 0 aliphatic heterocycles. The van der Waals surface area contributed by atoms with Gasteiger partial charge in [0, 0.05) is 4.47 Å². The molecule has 1 atom stereocenters. The van der Waals surface area contributed by atoms with Crippen molar-refractivity contribution in [1.82, 2.24) is 0 Å². The van der Waals surface area contributed by atoms with E-state index in [4.69, 9.17) is 11.6 Å². The summed E-state index contributed by atoms with van der Waals surface area (Å²) < 4.78 is 0.923. The minimum absolute atomic E-state index is 0.124. The molecule has 82 valence electrons. The van der Waals surface area contributed by atoms with Gasteiger partial charge in [0.05, 0.1) is 9.85 Å². The maximum atomic E-state index is 6.26. The first-order valence-electron chi connectivity index (χ1n) is 4.83. The highest BCUT2D eigenvalue weighted by atomic mass is 79.9. The normalized spacial score (nSPS) is 12.4. The third kappa shape index (κ3) is 2.50. The van der Waals surface area contributed by atoms with Crippen LogP contribution in [0.15, 0.2) is 53.0 Å². The van der Waals surface area contributed by atoms with Crippen LogP contribution >= 0.6 is 43.5 Å². The summed E-state index contributed by atoms with van der Waals surface area (Å²) in [4.78, 5) is 0.124. The second-order valence-electron chi connectivity index (χ2n) is 3.42. The Morgan fingerprint density at radius 2 is 1.62 bits per heavy atom. The van der Waals surface area contributed by atoms with Crippen LogP contribution in [0, 0.1) is 0 Å². The van der Waals surface area contributed by atoms with Crippen LogP contribution in [0.3, 0.4) is 0 Å². The van der Waals surface area contributed by atoms with Gasteiger partial charge in [0.1, 0.15) is 0 Å². The molecule has 0 bridgehead atoms. The predicted octanol–water partition coefficient (Wildman–Crippen LogP) is 5.59. The molecule has 0 aromatic heterocycles. The van der Waals surface area contributed by atoms with Gasteiger partial charge in [-0.15, -0.1) is 0 Å². The molecule has 0 heterocycles. The van der Waals surface area contributed by atoms with Crippen molar-refractivity contribution in [3.8, 4) is 0 Å². The van der Waals surface area contributed by atoms with Gasteiger partial charge in [-0.25, -0.2) is 0 Å². The quantitative estimate of drug-likeness (QED) is 0.613. The fourth-order valence-electron chi connectivity index (χ4n) is 1.52. The molecule has 0 amide bonds. The van der Waals surface area contributed by atoms with E-state index in [2.05, 4.69) is 44.0 Å². The fourth-order valence-corrected chi connectivity index (χ4v) is 2.95. The summed E-state index contributed by atoms with van der Waals surface area (Å²) in [5, 5.41) is 0.758. The van der Waals surface area contributed by atoms with Crippen LogP contribution < -0.4 is 0 Å². The zero-order chi connectivity index (χ0) is 11.5. The van der Waals surface area contributed by atoms with E-state index in [9.17, 15) is 0 Å². The predicted molar refractivity (Wildman–Crippen MR) is 76.4 cm³/mol. The molecule has 0 nitrogen and oxygen atoms in total. The van der Waals surface area contributed by atoms with E-state index in [0.717, 1.165) is 15.1 Å². The molecular weight excluding hydrogens is 351 g/mol. The maximum absolute atomic E-state index is 6.26. The van der Waals surface area contributed by atoms with Gasteiger partial charge in [0.25, 0.3) is 0 Å². The van der Waals surface area contributed by atoms with E-state index >= 15 is 0 Å². The summed E-state index contributed by atoms with van der Waals surface area (Å²) in [6.07, 6.45) is 0. The molecule has 16 heavy (non-hydrogen) atoms. The Hall–Kier alpha value is -0.310. The summed E-state index contributed by atoms with van der Waals surface area (Å²) in [5.74, 6) is 0. The standard InChI is InChI=1S/C13H9Br2Cl/c14-11-8-4-7-10(13(11)16)12(15)9-5-2-1-3-6-9/h1-8,12H. The molecule has 2 aromatic carbocycles. The molecule has 0 saturated heterocycles. The highest BCUT2D eigenvalue weighted by molar-refractivity contribution is 9.10. The zero-order valence-electron chi connectivity index (χ0n) is 8.33. The second-order valence-corrected chi connectivity index (χ2v) is 5.56. The number of hydrogen-bond donors (Lipinski definition) is 0. The van der Waals surface area contributed by atoms with Crippen LogP contribution in [-0.2, 0) is 0 Å². The molecule has 0 N–H and O–H groups in total. The molecule has 2 rings (SSSR count). The van der Waals surface area contributed by atoms with Crippen molar-refractivity contribution in [1.29, 1.82) is 0 Å². The van der Waals surface area contributed by atoms with Gasteiger partial charge in [0.15, 0.2) is 0 Å². The summed E-state index contributed by atoms with van der Waals surface area (Å²) in [7, 11) is 0. The SMILES string of the molecule is Clc1c(Br)cccc1C(Br)c1ccccc1. The van der Waals surface area contributed by atoms with Crippen molar-refractivity contribution in [3.63, 3.8) is 0 Å². The van der Waals surface area contributed by atoms with Crippen molar-refractivity contribution >= 4 is 43.5 Å². The molecule has 0 spiro atoms. The molecule has 0 aliphatic carbocycles. The largest absolute Gasteiger partial charge is 0.0827 e. The Bertz CT molecular complexity index is 483. The van der Waals surface area contributed by atoms with Crippen LogP contribution in [0.25, 0.3) is 0 Å². The Kier molecular flexibility index (Phi) is 4.06. The number of benzene rings is 2. The van der Waals surface area contributed by atoms with Crippen LogP contribution in [-0.4, -0.2) is 0 Å². The molecule has 1 unspecified atom stereocenters. The minimum atomic E-state index is 0.124. The Morgan fingerprint density at radius 3 is 2.31 bits per heavy atom. The van der Waals surface area contributed by atoms with Gasteiger partial charge in [-0.05, 0) is 33.1 Å². The monoisotopic (exact) mass is 358 g/mol. The first-order valence-corrected chi connectivity index (χ1v) is 6.91. The average Bonchev–Trinajstić information content (AvgIpc) is 2.33. The molecular formula is C13H9Br2Cl. The third-order valence-electron chi connectivity index (χ3n) is 2.35. The summed E-state index contributed by atoms with van der Waals surface area (Å²) >= 11 is 13.4. The van der Waals surface area contributed by atoms with Crippen LogP contribution in [0.5, 0.6) is 0 Å². The van der Waals surface area contributed by atoms with Crippen molar-refractivity contribution < 1.29 is 0 Å². The van der Waals surface area contributed by atoms with Crippen molar-refractivity contribution in [2.45, 2.75) is 4.83 Å². The van der Waals surface area contributed by atoms with E-state index in [1.165, 1.54) is 5.56 Å². The highest BCUT2D eigenvalue weighted by Gasteiger charge is 2.14. The summed E-state index contributed by atoms with van der Waals surface area (Å²) in [6, 6.07) is 16.2. The lowest BCUT2D eigenvalue weighted by Gasteiger charge is -2.13. The molecule has 0 radical (unpaired) electrons. The topological polar surface area (TPSA) is 0 Å². The van der Waals surface area contributed by atoms with Crippen molar-refractivity contribution in [2.24, 2.45) is 0 Å². The molecule has 0 fully saturated rings. The number of hydrogen-bond acceptors (Lipinski definition) is 0. The van der Waals surface area contributed by atoms with E-state index in [1.54, 1.807) is 0 Å². The Balaban J connectivity index is 2.42. The van der Waals surface area contributed by atoms with Crippen LogP contribution in [0.2, 0.25) is 5.02 Å². The lowest BCUT2D eigenvalue weighted by atomic mass is 10.1. The van der Waals surface area contributed by atoms with E-state index < -0.39 is 0 Å². The van der Waals surface area contributed by atoms with Crippen LogP contribution in [0.4, 0.5) is 0 Å². The van der Waals surface area contributed by atoms with E-state index in [-0.39, 0.29) is 4.83 Å². The molecule has 0 aliphatic rings. The molecule has 2 aromatic rings. The van der Waals surface area contributed by atoms with Gasteiger partial charge < -0.3 is 0 Å². The Morgan fingerprint density at radius 1 is 0.938 bits per heavy atom. The minimum Gasteiger partial charge on any atom is -0.0827 e. The lowest BCUT2D eigenvalue weighted by Crippen LogP contribution is -1.93. The summed E-state index contributed by atoms with van der Waals surface area (Å²) in [6.45, 7) is 0. The van der Waals surface area contributed by atoms with Gasteiger partial charge in [-0.1, -0.05) is 70.0 Å². The number of alkyl halides is 1.